The highest BCUT2D eigenvalue weighted by Crippen LogP contribution is 2.27. The van der Waals surface area contributed by atoms with Crippen LogP contribution in [-0.4, -0.2) is 59.2 Å². The fraction of sp³-hybridized carbons (Fsp3) is 1.00. The van der Waals surface area contributed by atoms with Crippen LogP contribution in [-0.2, 0) is 4.74 Å². The Morgan fingerprint density at radius 1 is 1.40 bits per heavy atom. The Labute approximate surface area is 90.8 Å². The Morgan fingerprint density at radius 2 is 2.20 bits per heavy atom. The number of nitrogens with zero attached hydrogens (tertiary/aromatic N) is 1. The van der Waals surface area contributed by atoms with Crippen LogP contribution in [0.3, 0.4) is 0 Å². The molecule has 0 aromatic carbocycles. The van der Waals surface area contributed by atoms with Crippen molar-refractivity contribution in [3.8, 4) is 0 Å². The molecule has 0 spiro atoms. The van der Waals surface area contributed by atoms with E-state index in [1.807, 2.05) is 0 Å². The molecule has 15 heavy (non-hydrogen) atoms. The number of hydrogen-bond acceptors (Lipinski definition) is 4. The Balaban J connectivity index is 1.98. The van der Waals surface area contributed by atoms with Crippen molar-refractivity contribution >= 4 is 0 Å². The zero-order valence-corrected chi connectivity index (χ0v) is 9.30. The lowest BCUT2D eigenvalue weighted by molar-refractivity contribution is -0.102. The van der Waals surface area contributed by atoms with Gasteiger partial charge in [0.25, 0.3) is 0 Å². The van der Waals surface area contributed by atoms with Crippen molar-refractivity contribution in [3.05, 3.63) is 0 Å². The molecule has 4 nitrogen and oxygen atoms in total. The molecule has 2 rings (SSSR count). The Kier molecular flexibility index (Phi) is 3.61. The summed E-state index contributed by atoms with van der Waals surface area (Å²) in [7, 11) is 0. The van der Waals surface area contributed by atoms with Crippen molar-refractivity contribution in [2.45, 2.75) is 50.5 Å². The second kappa shape index (κ2) is 4.78. The van der Waals surface area contributed by atoms with E-state index in [0.717, 1.165) is 25.8 Å². The van der Waals surface area contributed by atoms with Crippen LogP contribution in [0.4, 0.5) is 0 Å². The number of ether oxygens (including phenoxy) is 1. The minimum Gasteiger partial charge on any atom is -0.394 e. The van der Waals surface area contributed by atoms with Gasteiger partial charge in [0.05, 0.1) is 25.4 Å². The van der Waals surface area contributed by atoms with Gasteiger partial charge in [-0.1, -0.05) is 0 Å². The lowest BCUT2D eigenvalue weighted by Crippen LogP contribution is -2.55. The van der Waals surface area contributed by atoms with Gasteiger partial charge in [0.2, 0.25) is 0 Å². The summed E-state index contributed by atoms with van der Waals surface area (Å²) >= 11 is 0. The minimum absolute atomic E-state index is 0.0750. The van der Waals surface area contributed by atoms with Crippen molar-refractivity contribution < 1.29 is 14.9 Å². The van der Waals surface area contributed by atoms with E-state index in [1.54, 1.807) is 0 Å². The molecule has 2 N–H and O–H groups in total. The molecule has 1 aliphatic heterocycles. The summed E-state index contributed by atoms with van der Waals surface area (Å²) in [5, 5.41) is 19.0. The van der Waals surface area contributed by atoms with Gasteiger partial charge in [0.1, 0.15) is 0 Å². The number of aliphatic hydroxyl groups excluding tert-OH is 2. The van der Waals surface area contributed by atoms with Gasteiger partial charge in [-0.15, -0.1) is 0 Å². The summed E-state index contributed by atoms with van der Waals surface area (Å²) in [5.41, 5.74) is 0. The molecule has 2 fully saturated rings. The third-order valence-corrected chi connectivity index (χ3v) is 3.63. The highest BCUT2D eigenvalue weighted by atomic mass is 16.5. The fourth-order valence-electron chi connectivity index (χ4n) is 2.72. The second-order valence-corrected chi connectivity index (χ2v) is 4.75. The Morgan fingerprint density at radius 3 is 2.80 bits per heavy atom. The topological polar surface area (TPSA) is 52.9 Å². The van der Waals surface area contributed by atoms with Crippen LogP contribution >= 0.6 is 0 Å². The predicted octanol–water partition coefficient (Wildman–Crippen LogP) is -0.0186. The van der Waals surface area contributed by atoms with E-state index in [9.17, 15) is 5.11 Å². The van der Waals surface area contributed by atoms with Crippen LogP contribution in [0.2, 0.25) is 0 Å². The Bertz CT molecular complexity index is 212. The SMILES string of the molecule is CC1COC(CO)CN1C1CCCC1O. The van der Waals surface area contributed by atoms with Crippen LogP contribution in [0.25, 0.3) is 0 Å². The van der Waals surface area contributed by atoms with E-state index in [1.165, 1.54) is 0 Å². The van der Waals surface area contributed by atoms with Gasteiger partial charge < -0.3 is 14.9 Å². The number of rotatable bonds is 2. The first-order valence-electron chi connectivity index (χ1n) is 5.88. The first-order valence-corrected chi connectivity index (χ1v) is 5.88. The lowest BCUT2D eigenvalue weighted by atomic mass is 10.1. The van der Waals surface area contributed by atoms with Crippen molar-refractivity contribution in [3.63, 3.8) is 0 Å². The van der Waals surface area contributed by atoms with E-state index in [0.29, 0.717) is 12.6 Å². The third-order valence-electron chi connectivity index (χ3n) is 3.63. The van der Waals surface area contributed by atoms with Crippen molar-refractivity contribution in [2.24, 2.45) is 0 Å². The Hall–Kier alpha value is -0.160. The van der Waals surface area contributed by atoms with Crippen LogP contribution in [0.5, 0.6) is 0 Å². The summed E-state index contributed by atoms with van der Waals surface area (Å²) in [6.45, 7) is 3.61. The van der Waals surface area contributed by atoms with Crippen molar-refractivity contribution in [2.75, 3.05) is 19.8 Å². The van der Waals surface area contributed by atoms with Gasteiger partial charge in [0.15, 0.2) is 0 Å². The summed E-state index contributed by atoms with van der Waals surface area (Å²) < 4.78 is 5.49. The average molecular weight is 215 g/mol. The molecule has 1 heterocycles. The molecule has 4 unspecified atom stereocenters. The molecule has 88 valence electrons. The molecule has 0 radical (unpaired) electrons. The molecular formula is C11H21NO3. The molecule has 1 saturated heterocycles. The summed E-state index contributed by atoms with van der Waals surface area (Å²) in [6, 6.07) is 0.628. The molecule has 1 saturated carbocycles. The monoisotopic (exact) mass is 215 g/mol. The molecule has 0 aromatic rings. The maximum atomic E-state index is 9.87. The molecule has 0 amide bonds. The largest absolute Gasteiger partial charge is 0.394 e. The first-order chi connectivity index (χ1) is 7.22. The average Bonchev–Trinajstić information content (AvgIpc) is 2.65. The minimum atomic E-state index is -0.190. The number of hydrogen-bond donors (Lipinski definition) is 2. The van der Waals surface area contributed by atoms with E-state index >= 15 is 0 Å². The summed E-state index contributed by atoms with van der Waals surface area (Å²) in [4.78, 5) is 2.31. The van der Waals surface area contributed by atoms with E-state index in [4.69, 9.17) is 9.84 Å². The third kappa shape index (κ3) is 2.33. The number of morpholine rings is 1. The molecule has 0 aromatic heterocycles. The summed E-state index contributed by atoms with van der Waals surface area (Å²) in [6.07, 6.45) is 2.83. The molecule has 0 bridgehead atoms. The second-order valence-electron chi connectivity index (χ2n) is 4.75. The van der Waals surface area contributed by atoms with Gasteiger partial charge in [0, 0.05) is 18.6 Å². The smallest absolute Gasteiger partial charge is 0.0933 e. The number of aliphatic hydroxyl groups is 2. The quantitative estimate of drug-likeness (QED) is 0.680. The zero-order valence-electron chi connectivity index (χ0n) is 9.30. The van der Waals surface area contributed by atoms with Gasteiger partial charge >= 0.3 is 0 Å². The molecule has 4 heteroatoms. The maximum absolute atomic E-state index is 9.87. The van der Waals surface area contributed by atoms with E-state index in [-0.39, 0.29) is 24.9 Å². The highest BCUT2D eigenvalue weighted by molar-refractivity contribution is 4.90. The van der Waals surface area contributed by atoms with Gasteiger partial charge in [-0.25, -0.2) is 0 Å². The highest BCUT2D eigenvalue weighted by Gasteiger charge is 2.36. The van der Waals surface area contributed by atoms with Gasteiger partial charge in [-0.05, 0) is 26.2 Å². The van der Waals surface area contributed by atoms with Gasteiger partial charge in [-0.2, -0.15) is 0 Å². The van der Waals surface area contributed by atoms with Crippen molar-refractivity contribution in [1.82, 2.24) is 4.90 Å². The lowest BCUT2D eigenvalue weighted by Gasteiger charge is -2.42. The molecule has 2 aliphatic rings. The van der Waals surface area contributed by atoms with Crippen molar-refractivity contribution in [1.29, 1.82) is 0 Å². The van der Waals surface area contributed by atoms with E-state index < -0.39 is 0 Å². The molecule has 4 atom stereocenters. The van der Waals surface area contributed by atoms with Crippen LogP contribution in [0.1, 0.15) is 26.2 Å². The molecular weight excluding hydrogens is 194 g/mol. The normalized spacial score (nSPS) is 43.4. The van der Waals surface area contributed by atoms with Crippen LogP contribution in [0, 0.1) is 0 Å². The maximum Gasteiger partial charge on any atom is 0.0933 e. The fourth-order valence-corrected chi connectivity index (χ4v) is 2.72. The standard InChI is InChI=1S/C11H21NO3/c1-8-7-15-9(6-13)5-12(8)10-3-2-4-11(10)14/h8-11,13-14H,2-7H2,1H3. The van der Waals surface area contributed by atoms with Gasteiger partial charge in [-0.3, -0.25) is 4.90 Å². The van der Waals surface area contributed by atoms with Crippen LogP contribution in [0.15, 0.2) is 0 Å². The first kappa shape index (κ1) is 11.3. The predicted molar refractivity (Wildman–Crippen MR) is 56.6 cm³/mol. The van der Waals surface area contributed by atoms with E-state index in [2.05, 4.69) is 11.8 Å². The zero-order chi connectivity index (χ0) is 10.8. The summed E-state index contributed by atoms with van der Waals surface area (Å²) in [5.74, 6) is 0. The molecule has 1 aliphatic carbocycles. The van der Waals surface area contributed by atoms with Crippen LogP contribution < -0.4 is 0 Å².